The summed E-state index contributed by atoms with van der Waals surface area (Å²) in [5.74, 6) is 0.270. The number of hydrogen-bond acceptors (Lipinski definition) is 4. The Hall–Kier alpha value is -2.01. The number of rotatable bonds is 3. The van der Waals surface area contributed by atoms with E-state index in [1.54, 1.807) is 24.5 Å². The molecule has 0 saturated carbocycles. The van der Waals surface area contributed by atoms with E-state index in [2.05, 4.69) is 4.98 Å². The molecule has 5 nitrogen and oxygen atoms in total. The number of nitrogen functional groups attached to an aromatic ring is 1. The average Bonchev–Trinajstić information content (AvgIpc) is 2.66. The van der Waals surface area contributed by atoms with Gasteiger partial charge in [0.05, 0.1) is 17.3 Å². The Balaban J connectivity index is 2.54. The van der Waals surface area contributed by atoms with Crippen molar-refractivity contribution in [3.63, 3.8) is 0 Å². The minimum Gasteiger partial charge on any atom is -0.461 e. The van der Waals surface area contributed by atoms with E-state index in [0.29, 0.717) is 16.5 Å². The minimum absolute atomic E-state index is 0.110. The molecule has 0 fully saturated rings. The van der Waals surface area contributed by atoms with Crippen molar-refractivity contribution in [3.8, 4) is 5.69 Å². The molecular formula is C13H14ClN3O2. The third-order valence-corrected chi connectivity index (χ3v) is 2.96. The van der Waals surface area contributed by atoms with Crippen LogP contribution in [0.3, 0.4) is 0 Å². The molecule has 0 bridgehead atoms. The predicted octanol–water partition coefficient (Wildman–Crippen LogP) is 2.59. The highest BCUT2D eigenvalue weighted by molar-refractivity contribution is 6.32. The number of benzene rings is 1. The van der Waals surface area contributed by atoms with Crippen LogP contribution in [0.15, 0.2) is 24.3 Å². The number of halogens is 1. The quantitative estimate of drug-likeness (QED) is 0.877. The van der Waals surface area contributed by atoms with Gasteiger partial charge in [0, 0.05) is 0 Å². The normalized spacial score (nSPS) is 10.5. The Labute approximate surface area is 116 Å². The highest BCUT2D eigenvalue weighted by Crippen LogP contribution is 2.26. The summed E-state index contributed by atoms with van der Waals surface area (Å²) >= 11 is 6.13. The van der Waals surface area contributed by atoms with E-state index in [4.69, 9.17) is 22.1 Å². The molecule has 0 aliphatic heterocycles. The SMILES string of the molecule is CCOC(=O)c1nc(C)n(-c2ccccc2Cl)c1N. The maximum Gasteiger partial charge on any atom is 0.360 e. The minimum atomic E-state index is -0.533. The maximum atomic E-state index is 11.7. The zero-order valence-corrected chi connectivity index (χ0v) is 11.4. The lowest BCUT2D eigenvalue weighted by Gasteiger charge is -2.09. The molecule has 1 aromatic heterocycles. The van der Waals surface area contributed by atoms with E-state index in [1.807, 2.05) is 18.2 Å². The average molecular weight is 280 g/mol. The van der Waals surface area contributed by atoms with E-state index >= 15 is 0 Å². The Kier molecular flexibility index (Phi) is 3.76. The third-order valence-electron chi connectivity index (χ3n) is 2.64. The van der Waals surface area contributed by atoms with E-state index in [1.165, 1.54) is 0 Å². The molecular weight excluding hydrogens is 266 g/mol. The van der Waals surface area contributed by atoms with Gasteiger partial charge in [-0.05, 0) is 26.0 Å². The van der Waals surface area contributed by atoms with Crippen LogP contribution in [-0.4, -0.2) is 22.1 Å². The third kappa shape index (κ3) is 2.42. The molecule has 100 valence electrons. The fraction of sp³-hybridized carbons (Fsp3) is 0.231. The van der Waals surface area contributed by atoms with Gasteiger partial charge in [0.15, 0.2) is 5.69 Å². The highest BCUT2D eigenvalue weighted by atomic mass is 35.5. The number of esters is 1. The van der Waals surface area contributed by atoms with Crippen LogP contribution >= 0.6 is 11.6 Å². The number of carbonyl (C=O) groups excluding carboxylic acids is 1. The van der Waals surface area contributed by atoms with Crippen molar-refractivity contribution in [3.05, 3.63) is 40.8 Å². The van der Waals surface area contributed by atoms with Crippen LogP contribution < -0.4 is 5.73 Å². The van der Waals surface area contributed by atoms with Crippen molar-refractivity contribution >= 4 is 23.4 Å². The van der Waals surface area contributed by atoms with Crippen LogP contribution in [0.4, 0.5) is 5.82 Å². The molecule has 0 amide bonds. The molecule has 0 spiro atoms. The predicted molar refractivity (Wildman–Crippen MR) is 73.7 cm³/mol. The molecule has 19 heavy (non-hydrogen) atoms. The maximum absolute atomic E-state index is 11.7. The molecule has 2 aromatic rings. The summed E-state index contributed by atoms with van der Waals surface area (Å²) in [5.41, 5.74) is 6.77. The van der Waals surface area contributed by atoms with Crippen molar-refractivity contribution in [2.45, 2.75) is 13.8 Å². The number of anilines is 1. The topological polar surface area (TPSA) is 70.1 Å². The molecule has 0 unspecified atom stereocenters. The van der Waals surface area contributed by atoms with Gasteiger partial charge in [0.2, 0.25) is 0 Å². The van der Waals surface area contributed by atoms with Crippen LogP contribution in [0.5, 0.6) is 0 Å². The van der Waals surface area contributed by atoms with Crippen molar-refractivity contribution in [1.29, 1.82) is 0 Å². The smallest absolute Gasteiger partial charge is 0.360 e. The number of hydrogen-bond donors (Lipinski definition) is 1. The fourth-order valence-electron chi connectivity index (χ4n) is 1.84. The number of carbonyl (C=O) groups is 1. The van der Waals surface area contributed by atoms with E-state index in [-0.39, 0.29) is 18.1 Å². The molecule has 1 aromatic carbocycles. The largest absolute Gasteiger partial charge is 0.461 e. The molecule has 2 N–H and O–H groups in total. The molecule has 2 rings (SSSR count). The molecule has 0 aliphatic carbocycles. The summed E-state index contributed by atoms with van der Waals surface area (Å²) in [6.07, 6.45) is 0. The lowest BCUT2D eigenvalue weighted by Crippen LogP contribution is -2.09. The first-order valence-electron chi connectivity index (χ1n) is 5.83. The van der Waals surface area contributed by atoms with E-state index in [9.17, 15) is 4.79 Å². The molecule has 0 aliphatic rings. The molecule has 0 saturated heterocycles. The molecule has 0 atom stereocenters. The summed E-state index contributed by atoms with van der Waals surface area (Å²) in [4.78, 5) is 15.9. The summed E-state index contributed by atoms with van der Waals surface area (Å²) in [6.45, 7) is 3.75. The number of imidazole rings is 1. The highest BCUT2D eigenvalue weighted by Gasteiger charge is 2.21. The van der Waals surface area contributed by atoms with Gasteiger partial charge in [-0.2, -0.15) is 0 Å². The van der Waals surface area contributed by atoms with Gasteiger partial charge in [-0.3, -0.25) is 4.57 Å². The van der Waals surface area contributed by atoms with Gasteiger partial charge < -0.3 is 10.5 Å². The van der Waals surface area contributed by atoms with Crippen LogP contribution in [-0.2, 0) is 4.74 Å². The van der Waals surface area contributed by atoms with Gasteiger partial charge >= 0.3 is 5.97 Å². The summed E-state index contributed by atoms with van der Waals surface area (Å²) in [5, 5.41) is 0.533. The second kappa shape index (κ2) is 5.32. The lowest BCUT2D eigenvalue weighted by molar-refractivity contribution is 0.0521. The summed E-state index contributed by atoms with van der Waals surface area (Å²) in [7, 11) is 0. The van der Waals surface area contributed by atoms with Gasteiger partial charge in [-0.1, -0.05) is 23.7 Å². The van der Waals surface area contributed by atoms with Gasteiger partial charge in [0.25, 0.3) is 0 Å². The van der Waals surface area contributed by atoms with Crippen LogP contribution in [0.25, 0.3) is 5.69 Å². The van der Waals surface area contributed by atoms with Gasteiger partial charge in [-0.25, -0.2) is 9.78 Å². The number of aromatic nitrogens is 2. The number of nitrogens with zero attached hydrogens (tertiary/aromatic N) is 2. The molecule has 0 radical (unpaired) electrons. The van der Waals surface area contributed by atoms with E-state index < -0.39 is 5.97 Å². The number of aryl methyl sites for hydroxylation is 1. The first kappa shape index (κ1) is 13.4. The number of ether oxygens (including phenoxy) is 1. The van der Waals surface area contributed by atoms with Crippen molar-refractivity contribution in [1.82, 2.24) is 9.55 Å². The summed E-state index contributed by atoms with van der Waals surface area (Å²) in [6, 6.07) is 7.22. The van der Waals surface area contributed by atoms with Gasteiger partial charge in [-0.15, -0.1) is 0 Å². The zero-order valence-electron chi connectivity index (χ0n) is 10.7. The van der Waals surface area contributed by atoms with E-state index in [0.717, 1.165) is 0 Å². The summed E-state index contributed by atoms with van der Waals surface area (Å²) < 4.78 is 6.55. The van der Waals surface area contributed by atoms with Crippen LogP contribution in [0.1, 0.15) is 23.2 Å². The second-order valence-corrected chi connectivity index (χ2v) is 4.31. The van der Waals surface area contributed by atoms with Crippen molar-refractivity contribution in [2.24, 2.45) is 0 Å². The number of nitrogens with two attached hydrogens (primary N) is 1. The van der Waals surface area contributed by atoms with Gasteiger partial charge in [0.1, 0.15) is 11.6 Å². The Morgan fingerprint density at radius 1 is 1.47 bits per heavy atom. The Morgan fingerprint density at radius 3 is 2.79 bits per heavy atom. The van der Waals surface area contributed by atoms with Crippen molar-refractivity contribution in [2.75, 3.05) is 12.3 Å². The Bertz CT molecular complexity index is 622. The first-order valence-corrected chi connectivity index (χ1v) is 6.21. The fourth-order valence-corrected chi connectivity index (χ4v) is 2.06. The molecule has 6 heteroatoms. The lowest BCUT2D eigenvalue weighted by atomic mass is 10.3. The molecule has 1 heterocycles. The van der Waals surface area contributed by atoms with Crippen LogP contribution in [0, 0.1) is 6.92 Å². The second-order valence-electron chi connectivity index (χ2n) is 3.90. The zero-order chi connectivity index (χ0) is 14.0. The first-order chi connectivity index (χ1) is 9.06. The standard InChI is InChI=1S/C13H14ClN3O2/c1-3-19-13(18)11-12(15)17(8(2)16-11)10-7-5-4-6-9(10)14/h4-7H,3,15H2,1-2H3. The Morgan fingerprint density at radius 2 is 2.16 bits per heavy atom. The van der Waals surface area contributed by atoms with Crippen LogP contribution in [0.2, 0.25) is 5.02 Å². The van der Waals surface area contributed by atoms with Crippen molar-refractivity contribution < 1.29 is 9.53 Å². The number of para-hydroxylation sites is 1. The monoisotopic (exact) mass is 279 g/mol.